The molecule has 2 heterocycles. The second kappa shape index (κ2) is 11.3. The van der Waals surface area contributed by atoms with Gasteiger partial charge in [0.05, 0.1) is 5.02 Å². The molecule has 5 rings (SSSR count). The third kappa shape index (κ3) is 5.39. The molecule has 1 aliphatic heterocycles. The molecule has 1 N–H and O–H groups in total. The number of benzene rings is 3. The first-order valence-corrected chi connectivity index (χ1v) is 13.4. The van der Waals surface area contributed by atoms with Crippen LogP contribution in [0.2, 0.25) is 5.02 Å². The molecule has 0 spiro atoms. The van der Waals surface area contributed by atoms with Gasteiger partial charge in [0.1, 0.15) is 23.2 Å². The molecule has 10 heteroatoms. The van der Waals surface area contributed by atoms with E-state index in [1.807, 2.05) is 55.1 Å². The van der Waals surface area contributed by atoms with Crippen LogP contribution in [-0.2, 0) is 4.79 Å². The summed E-state index contributed by atoms with van der Waals surface area (Å²) in [6, 6.07) is 12.3. The minimum atomic E-state index is -0.632. The van der Waals surface area contributed by atoms with E-state index in [0.29, 0.717) is 49.5 Å². The highest BCUT2D eigenvalue weighted by Gasteiger charge is 2.27. The van der Waals surface area contributed by atoms with Crippen molar-refractivity contribution in [2.45, 2.75) is 13.0 Å². The third-order valence-corrected chi connectivity index (χ3v) is 7.25. The van der Waals surface area contributed by atoms with E-state index in [9.17, 15) is 9.90 Å². The predicted molar refractivity (Wildman–Crippen MR) is 157 cm³/mol. The van der Waals surface area contributed by atoms with Crippen molar-refractivity contribution in [3.05, 3.63) is 66.0 Å². The maximum Gasteiger partial charge on any atom is 0.319 e. The van der Waals surface area contributed by atoms with Crippen molar-refractivity contribution in [2.24, 2.45) is 0 Å². The van der Waals surface area contributed by atoms with E-state index in [-0.39, 0.29) is 39.9 Å². The van der Waals surface area contributed by atoms with Crippen molar-refractivity contribution in [1.82, 2.24) is 19.8 Å². The van der Waals surface area contributed by atoms with E-state index in [0.717, 1.165) is 10.8 Å². The molecule has 1 saturated heterocycles. The van der Waals surface area contributed by atoms with Crippen LogP contribution in [0.5, 0.6) is 11.8 Å². The van der Waals surface area contributed by atoms with Crippen LogP contribution in [-0.4, -0.2) is 83.7 Å². The Hall–Kier alpha value is -3.95. The number of phenols is 1. The number of phenolic OH excluding ortho intramolecular Hbond substituents is 1. The largest absolute Gasteiger partial charge is 0.508 e. The number of piperazine rings is 1. The van der Waals surface area contributed by atoms with Crippen molar-refractivity contribution in [1.29, 1.82) is 0 Å². The van der Waals surface area contributed by atoms with Gasteiger partial charge in [-0.1, -0.05) is 42.4 Å². The molecule has 1 fully saturated rings. The Bertz CT molecular complexity index is 1600. The molecular weight excluding hydrogens is 533 g/mol. The number of likely N-dealkylation sites (N-methyl/N-ethyl adjacent to an activating group) is 1. The summed E-state index contributed by atoms with van der Waals surface area (Å²) in [6.45, 7) is 7.98. The molecular formula is C30H31ClFN5O3. The van der Waals surface area contributed by atoms with E-state index in [2.05, 4.69) is 11.6 Å². The minimum Gasteiger partial charge on any atom is -0.508 e. The number of hydrogen-bond donors (Lipinski definition) is 1. The van der Waals surface area contributed by atoms with Gasteiger partial charge in [-0.2, -0.15) is 9.97 Å². The molecule has 0 radical (unpaired) electrons. The maximum absolute atomic E-state index is 16.6. The first-order chi connectivity index (χ1) is 19.2. The quantitative estimate of drug-likeness (QED) is 0.313. The van der Waals surface area contributed by atoms with Crippen LogP contribution >= 0.6 is 11.6 Å². The Balaban J connectivity index is 1.67. The van der Waals surface area contributed by atoms with Crippen LogP contribution in [0.4, 0.5) is 10.2 Å². The highest BCUT2D eigenvalue weighted by atomic mass is 35.5. The lowest BCUT2D eigenvalue weighted by Crippen LogP contribution is -2.48. The average molecular weight is 564 g/mol. The molecule has 1 aliphatic rings. The van der Waals surface area contributed by atoms with E-state index in [1.165, 1.54) is 12.1 Å². The topological polar surface area (TPSA) is 82.0 Å². The number of anilines is 1. The van der Waals surface area contributed by atoms with E-state index < -0.39 is 5.82 Å². The lowest BCUT2D eigenvalue weighted by atomic mass is 9.96. The van der Waals surface area contributed by atoms with Crippen LogP contribution in [0.1, 0.15) is 6.92 Å². The monoisotopic (exact) mass is 563 g/mol. The van der Waals surface area contributed by atoms with Gasteiger partial charge in [0, 0.05) is 43.7 Å². The molecule has 40 heavy (non-hydrogen) atoms. The minimum absolute atomic E-state index is 0.00103. The van der Waals surface area contributed by atoms with Crippen LogP contribution in [0, 0.1) is 5.82 Å². The number of aromatic hydroxyl groups is 1. The fourth-order valence-corrected chi connectivity index (χ4v) is 5.50. The van der Waals surface area contributed by atoms with Crippen molar-refractivity contribution in [2.75, 3.05) is 51.7 Å². The van der Waals surface area contributed by atoms with Crippen LogP contribution in [0.25, 0.3) is 32.8 Å². The normalized spacial score (nSPS) is 14.7. The molecule has 1 atom stereocenters. The van der Waals surface area contributed by atoms with Gasteiger partial charge in [-0.15, -0.1) is 0 Å². The summed E-state index contributed by atoms with van der Waals surface area (Å²) >= 11 is 6.78. The van der Waals surface area contributed by atoms with Gasteiger partial charge >= 0.3 is 6.01 Å². The number of amides is 1. The number of nitrogens with zero attached hydrogens (tertiary/aromatic N) is 5. The van der Waals surface area contributed by atoms with Gasteiger partial charge < -0.3 is 24.5 Å². The fourth-order valence-electron chi connectivity index (χ4n) is 5.20. The summed E-state index contributed by atoms with van der Waals surface area (Å²) in [5.41, 5.74) is 0.660. The van der Waals surface area contributed by atoms with Crippen molar-refractivity contribution in [3.63, 3.8) is 0 Å². The maximum atomic E-state index is 16.6. The zero-order valence-electron chi connectivity index (χ0n) is 22.7. The second-order valence-electron chi connectivity index (χ2n) is 10.2. The van der Waals surface area contributed by atoms with Gasteiger partial charge in [-0.25, -0.2) is 4.39 Å². The Kier molecular flexibility index (Phi) is 7.78. The third-order valence-electron chi connectivity index (χ3n) is 6.95. The van der Waals surface area contributed by atoms with Crippen LogP contribution in [0.3, 0.4) is 0 Å². The Morgan fingerprint density at radius 2 is 1.90 bits per heavy atom. The molecule has 0 unspecified atom stereocenters. The highest BCUT2D eigenvalue weighted by molar-refractivity contribution is 6.35. The SMILES string of the molecule is C=CC(=O)N1CCN(c2nc(O[C@H](C)CN(C)C)nc3c(F)c(-c4cc(O)cc5ccccc45)c(Cl)cc23)CC1. The van der Waals surface area contributed by atoms with Gasteiger partial charge in [-0.3, -0.25) is 4.79 Å². The number of hydrogen-bond acceptors (Lipinski definition) is 7. The fraction of sp³-hybridized carbons (Fsp3) is 0.300. The summed E-state index contributed by atoms with van der Waals surface area (Å²) in [6.07, 6.45) is 1.04. The standard InChI is InChI=1S/C30H31ClFN5O3/c1-5-25(39)36-10-12-37(13-11-36)29-23-16-24(31)26(22-15-20(38)14-19-8-6-7-9-21(19)22)27(32)28(23)33-30(34-29)40-18(2)17-35(3)4/h5-9,14-16,18,38H,1,10-13,17H2,2-4H3/t18-/m1/s1. The van der Waals surface area contributed by atoms with Crippen LogP contribution < -0.4 is 9.64 Å². The van der Waals surface area contributed by atoms with Crippen molar-refractivity contribution < 1.29 is 19.0 Å². The second-order valence-corrected chi connectivity index (χ2v) is 10.6. The molecule has 0 bridgehead atoms. The zero-order chi connectivity index (χ0) is 28.6. The summed E-state index contributed by atoms with van der Waals surface area (Å²) < 4.78 is 22.6. The molecule has 208 valence electrons. The van der Waals surface area contributed by atoms with Crippen molar-refractivity contribution in [3.8, 4) is 22.9 Å². The van der Waals surface area contributed by atoms with E-state index in [4.69, 9.17) is 21.3 Å². The molecule has 4 aromatic rings. The Morgan fingerprint density at radius 1 is 1.18 bits per heavy atom. The molecule has 8 nitrogen and oxygen atoms in total. The summed E-state index contributed by atoms with van der Waals surface area (Å²) in [5, 5.41) is 12.5. The first kappa shape index (κ1) is 27.6. The number of carbonyl (C=O) groups excluding carboxylic acids is 1. The molecule has 0 saturated carbocycles. The van der Waals surface area contributed by atoms with Gasteiger partial charge in [-0.05, 0) is 61.6 Å². The van der Waals surface area contributed by atoms with E-state index in [1.54, 1.807) is 17.0 Å². The first-order valence-electron chi connectivity index (χ1n) is 13.1. The Morgan fingerprint density at radius 3 is 2.60 bits per heavy atom. The van der Waals surface area contributed by atoms with Crippen molar-refractivity contribution >= 4 is 45.0 Å². The number of aromatic nitrogens is 2. The number of halogens is 2. The summed E-state index contributed by atoms with van der Waals surface area (Å²) in [7, 11) is 3.87. The smallest absolute Gasteiger partial charge is 0.319 e. The average Bonchev–Trinajstić information content (AvgIpc) is 2.92. The molecule has 3 aromatic carbocycles. The highest BCUT2D eigenvalue weighted by Crippen LogP contribution is 2.42. The lowest BCUT2D eigenvalue weighted by molar-refractivity contribution is -0.126. The van der Waals surface area contributed by atoms with Crippen LogP contribution in [0.15, 0.2) is 55.1 Å². The number of ether oxygens (including phenoxy) is 1. The predicted octanol–water partition coefficient (Wildman–Crippen LogP) is 5.11. The number of carbonyl (C=O) groups is 1. The molecule has 1 amide bonds. The van der Waals surface area contributed by atoms with Gasteiger partial charge in [0.15, 0.2) is 5.82 Å². The zero-order valence-corrected chi connectivity index (χ0v) is 23.5. The van der Waals surface area contributed by atoms with E-state index >= 15 is 4.39 Å². The Labute approximate surface area is 237 Å². The number of rotatable bonds is 7. The number of fused-ring (bicyclic) bond motifs is 2. The lowest BCUT2D eigenvalue weighted by Gasteiger charge is -2.35. The summed E-state index contributed by atoms with van der Waals surface area (Å²) in [4.78, 5) is 27.0. The van der Waals surface area contributed by atoms with Gasteiger partial charge in [0.25, 0.3) is 0 Å². The molecule has 0 aliphatic carbocycles. The molecule has 1 aromatic heterocycles. The summed E-state index contributed by atoms with van der Waals surface area (Å²) in [5.74, 6) is -0.282. The van der Waals surface area contributed by atoms with Gasteiger partial charge in [0.2, 0.25) is 5.91 Å².